The fourth-order valence-corrected chi connectivity index (χ4v) is 6.30. The second-order valence-electron chi connectivity index (χ2n) is 12.4. The standard InChI is InChI=1S/C36H42ClN5O8/c37-28-20-38-36(39-21-28)41-10-8-29(9-11-41)50-24-26-3-1-2-25(18-26)23-48-15-14-46-12-13-47-16-17-49-30-4-5-31-27(19-30)22-42(35(31)45)32-6-7-33(43)40-34(32)44/h1-5,18-21,29,32H,6-17,22-24H2,(H,40,43,44). The average molecular weight is 708 g/mol. The number of hydrogen-bond donors (Lipinski definition) is 1. The van der Waals surface area contributed by atoms with Crippen LogP contribution in [-0.2, 0) is 48.3 Å². The minimum Gasteiger partial charge on any atom is -0.491 e. The van der Waals surface area contributed by atoms with Crippen molar-refractivity contribution < 1.29 is 38.1 Å². The fraction of sp³-hybridized carbons (Fsp3) is 0.472. The van der Waals surface area contributed by atoms with Gasteiger partial charge in [-0.25, -0.2) is 9.97 Å². The Balaban J connectivity index is 0.782. The number of imide groups is 1. The van der Waals surface area contributed by atoms with Crippen LogP contribution < -0.4 is 15.0 Å². The summed E-state index contributed by atoms with van der Waals surface area (Å²) in [4.78, 5) is 48.9. The van der Waals surface area contributed by atoms with Crippen molar-refractivity contribution in [2.24, 2.45) is 0 Å². The predicted octanol–water partition coefficient (Wildman–Crippen LogP) is 3.71. The molecular formula is C36H42ClN5O8. The molecule has 2 saturated heterocycles. The number of nitrogens with zero attached hydrogens (tertiary/aromatic N) is 4. The number of hydrogen-bond acceptors (Lipinski definition) is 11. The van der Waals surface area contributed by atoms with E-state index in [2.05, 4.69) is 32.3 Å². The third kappa shape index (κ3) is 9.76. The predicted molar refractivity (Wildman–Crippen MR) is 183 cm³/mol. The van der Waals surface area contributed by atoms with Gasteiger partial charge in [0.1, 0.15) is 18.4 Å². The summed E-state index contributed by atoms with van der Waals surface area (Å²) < 4.78 is 29.1. The largest absolute Gasteiger partial charge is 0.491 e. The van der Waals surface area contributed by atoms with Gasteiger partial charge in [0, 0.05) is 31.6 Å². The summed E-state index contributed by atoms with van der Waals surface area (Å²) in [6.07, 6.45) is 5.84. The monoisotopic (exact) mass is 707 g/mol. The maximum absolute atomic E-state index is 12.8. The summed E-state index contributed by atoms with van der Waals surface area (Å²) in [7, 11) is 0. The van der Waals surface area contributed by atoms with Gasteiger partial charge in [-0.2, -0.15) is 0 Å². The number of rotatable bonds is 17. The molecule has 3 aliphatic rings. The van der Waals surface area contributed by atoms with E-state index in [4.69, 9.17) is 35.3 Å². The summed E-state index contributed by atoms with van der Waals surface area (Å²) in [5.41, 5.74) is 3.55. The molecule has 6 rings (SSSR count). The molecule has 0 bridgehead atoms. The van der Waals surface area contributed by atoms with E-state index in [0.29, 0.717) is 88.1 Å². The van der Waals surface area contributed by atoms with E-state index in [9.17, 15) is 14.4 Å². The second-order valence-corrected chi connectivity index (χ2v) is 12.8. The number of aromatic nitrogens is 2. The zero-order chi connectivity index (χ0) is 34.7. The molecule has 0 spiro atoms. The van der Waals surface area contributed by atoms with E-state index in [1.807, 2.05) is 18.2 Å². The van der Waals surface area contributed by atoms with Crippen LogP contribution in [-0.4, -0.2) is 97.5 Å². The molecule has 3 aromatic rings. The Morgan fingerprint density at radius 2 is 1.52 bits per heavy atom. The molecule has 2 aromatic carbocycles. The quantitative estimate of drug-likeness (QED) is 0.162. The lowest BCUT2D eigenvalue weighted by atomic mass is 10.0. The van der Waals surface area contributed by atoms with Gasteiger partial charge in [-0.1, -0.05) is 35.9 Å². The summed E-state index contributed by atoms with van der Waals surface area (Å²) in [6.45, 7) is 5.60. The van der Waals surface area contributed by atoms with Crippen molar-refractivity contribution in [3.63, 3.8) is 0 Å². The van der Waals surface area contributed by atoms with E-state index in [0.717, 1.165) is 42.6 Å². The van der Waals surface area contributed by atoms with E-state index in [1.54, 1.807) is 24.5 Å². The zero-order valence-electron chi connectivity index (χ0n) is 27.9. The first-order valence-corrected chi connectivity index (χ1v) is 17.4. The Morgan fingerprint density at radius 3 is 2.26 bits per heavy atom. The number of amides is 3. The minimum atomic E-state index is -0.638. The molecule has 4 heterocycles. The van der Waals surface area contributed by atoms with Crippen LogP contribution in [0.3, 0.4) is 0 Å². The van der Waals surface area contributed by atoms with Crippen LogP contribution in [0.1, 0.15) is 52.7 Å². The number of nitrogens with one attached hydrogen (secondary N) is 1. The highest BCUT2D eigenvalue weighted by atomic mass is 35.5. The van der Waals surface area contributed by atoms with Gasteiger partial charge in [-0.05, 0) is 54.2 Å². The van der Waals surface area contributed by atoms with E-state index < -0.39 is 11.9 Å². The summed E-state index contributed by atoms with van der Waals surface area (Å²) >= 11 is 5.90. The second kappa shape index (κ2) is 17.7. The molecule has 1 aromatic heterocycles. The number of ether oxygens (including phenoxy) is 5. The number of anilines is 1. The van der Waals surface area contributed by atoms with Crippen LogP contribution >= 0.6 is 11.6 Å². The summed E-state index contributed by atoms with van der Waals surface area (Å²) in [6, 6.07) is 12.9. The Kier molecular flexibility index (Phi) is 12.6. The molecule has 1 N–H and O–H groups in total. The van der Waals surface area contributed by atoms with Gasteiger partial charge in [-0.3, -0.25) is 19.7 Å². The van der Waals surface area contributed by atoms with Crippen LogP contribution in [0.4, 0.5) is 5.95 Å². The summed E-state index contributed by atoms with van der Waals surface area (Å²) in [5, 5.41) is 2.85. The molecule has 3 amide bonds. The highest BCUT2D eigenvalue weighted by molar-refractivity contribution is 6.30. The van der Waals surface area contributed by atoms with Crippen molar-refractivity contribution in [3.8, 4) is 5.75 Å². The van der Waals surface area contributed by atoms with Crippen LogP contribution in [0.15, 0.2) is 54.9 Å². The summed E-state index contributed by atoms with van der Waals surface area (Å²) in [5.74, 6) is 0.394. The van der Waals surface area contributed by atoms with E-state index >= 15 is 0 Å². The Morgan fingerprint density at radius 1 is 0.820 bits per heavy atom. The molecular weight excluding hydrogens is 666 g/mol. The number of piperidine rings is 2. The topological polar surface area (TPSA) is 142 Å². The molecule has 0 radical (unpaired) electrons. The normalized spacial score (nSPS) is 18.0. The van der Waals surface area contributed by atoms with Crippen LogP contribution in [0.25, 0.3) is 0 Å². The first-order valence-electron chi connectivity index (χ1n) is 17.0. The van der Waals surface area contributed by atoms with Crippen LogP contribution in [0.2, 0.25) is 5.02 Å². The van der Waals surface area contributed by atoms with Crippen molar-refractivity contribution in [2.45, 2.75) is 57.6 Å². The molecule has 50 heavy (non-hydrogen) atoms. The number of halogens is 1. The fourth-order valence-electron chi connectivity index (χ4n) is 6.20. The van der Waals surface area contributed by atoms with Crippen LogP contribution in [0, 0.1) is 0 Å². The molecule has 1 atom stereocenters. The van der Waals surface area contributed by atoms with E-state index in [-0.39, 0.29) is 24.3 Å². The van der Waals surface area contributed by atoms with Crippen molar-refractivity contribution in [1.29, 1.82) is 0 Å². The van der Waals surface area contributed by atoms with Crippen molar-refractivity contribution >= 4 is 35.3 Å². The first kappa shape index (κ1) is 35.7. The molecule has 13 nitrogen and oxygen atoms in total. The Labute approximate surface area is 296 Å². The Bertz CT molecular complexity index is 1620. The lowest BCUT2D eigenvalue weighted by Gasteiger charge is -2.31. The van der Waals surface area contributed by atoms with Gasteiger partial charge in [0.25, 0.3) is 5.91 Å². The van der Waals surface area contributed by atoms with Crippen molar-refractivity contribution in [2.75, 3.05) is 57.6 Å². The highest BCUT2D eigenvalue weighted by Crippen LogP contribution is 2.30. The first-order chi connectivity index (χ1) is 24.4. The minimum absolute atomic E-state index is 0.200. The van der Waals surface area contributed by atoms with Crippen molar-refractivity contribution in [1.82, 2.24) is 20.2 Å². The lowest BCUT2D eigenvalue weighted by Crippen LogP contribution is -2.52. The molecule has 3 aliphatic heterocycles. The number of carbonyl (C=O) groups is 3. The molecule has 1 unspecified atom stereocenters. The van der Waals surface area contributed by atoms with E-state index in [1.165, 1.54) is 4.90 Å². The highest BCUT2D eigenvalue weighted by Gasteiger charge is 2.39. The number of carbonyl (C=O) groups excluding carboxylic acids is 3. The lowest BCUT2D eigenvalue weighted by molar-refractivity contribution is -0.136. The van der Waals surface area contributed by atoms with Gasteiger partial charge in [0.15, 0.2) is 0 Å². The van der Waals surface area contributed by atoms with Gasteiger partial charge in [0.2, 0.25) is 17.8 Å². The van der Waals surface area contributed by atoms with Gasteiger partial charge >= 0.3 is 0 Å². The van der Waals surface area contributed by atoms with Crippen LogP contribution in [0.5, 0.6) is 5.75 Å². The molecule has 2 fully saturated rings. The Hall–Kier alpha value is -4.14. The smallest absolute Gasteiger partial charge is 0.255 e. The third-order valence-corrected chi connectivity index (χ3v) is 9.01. The van der Waals surface area contributed by atoms with Crippen molar-refractivity contribution in [3.05, 3.63) is 82.1 Å². The number of benzene rings is 2. The molecule has 0 saturated carbocycles. The maximum Gasteiger partial charge on any atom is 0.255 e. The third-order valence-electron chi connectivity index (χ3n) is 8.81. The molecule has 266 valence electrons. The SMILES string of the molecule is O=C1CCC(N2Cc3cc(OCCOCCOCCOCc4cccc(COC5CCN(c6ncc(Cl)cn6)CC5)c4)ccc3C2=O)C(=O)N1. The zero-order valence-corrected chi connectivity index (χ0v) is 28.6. The van der Waals surface area contributed by atoms with Gasteiger partial charge in [0.05, 0.1) is 69.8 Å². The molecule has 14 heteroatoms. The molecule has 0 aliphatic carbocycles. The average Bonchev–Trinajstić information content (AvgIpc) is 3.45. The maximum atomic E-state index is 12.8. The number of fused-ring (bicyclic) bond motifs is 1. The van der Waals surface area contributed by atoms with Gasteiger partial charge in [-0.15, -0.1) is 0 Å². The van der Waals surface area contributed by atoms with Gasteiger partial charge < -0.3 is 33.5 Å².